The fourth-order valence-electron chi connectivity index (χ4n) is 4.68. The van der Waals surface area contributed by atoms with Crippen LogP contribution in [0.25, 0.3) is 0 Å². The van der Waals surface area contributed by atoms with Gasteiger partial charge in [-0.1, -0.05) is 12.1 Å². The normalized spacial score (nSPS) is 26.8. The summed E-state index contributed by atoms with van der Waals surface area (Å²) in [7, 11) is 0. The lowest BCUT2D eigenvalue weighted by molar-refractivity contribution is -0.138. The molecule has 1 aliphatic carbocycles. The third kappa shape index (κ3) is 3.73. The number of aryl methyl sites for hydroxylation is 1. The molecule has 1 aromatic heterocycles. The second-order valence-electron chi connectivity index (χ2n) is 8.18. The number of halogens is 3. The highest BCUT2D eigenvalue weighted by Gasteiger charge is 2.60. The molecule has 2 aromatic rings. The number of aromatic nitrogens is 2. The Kier molecular flexibility index (Phi) is 5.16. The molecule has 1 saturated heterocycles. The van der Waals surface area contributed by atoms with Crippen LogP contribution in [0.1, 0.15) is 49.0 Å². The van der Waals surface area contributed by atoms with E-state index < -0.39 is 17.3 Å². The first-order valence-corrected chi connectivity index (χ1v) is 9.92. The second-order valence-corrected chi connectivity index (χ2v) is 8.18. The lowest BCUT2D eigenvalue weighted by Gasteiger charge is -2.61. The fraction of sp³-hybridized carbons (Fsp3) is 0.450. The maximum atomic E-state index is 13.5. The highest BCUT2D eigenvalue weighted by atomic mass is 19.4. The van der Waals surface area contributed by atoms with E-state index in [1.807, 2.05) is 5.01 Å². The Morgan fingerprint density at radius 1 is 1.39 bits per heavy atom. The number of alkyl halides is 3. The zero-order valence-corrected chi connectivity index (χ0v) is 17.1. The quantitative estimate of drug-likeness (QED) is 0.487. The van der Waals surface area contributed by atoms with E-state index in [-0.39, 0.29) is 17.4 Å². The summed E-state index contributed by atoms with van der Waals surface area (Å²) in [6, 6.07) is 3.92. The van der Waals surface area contributed by atoms with Crippen LogP contribution < -0.4 is 16.9 Å². The Labute approximate surface area is 177 Å². The summed E-state index contributed by atoms with van der Waals surface area (Å²) in [5.74, 6) is 1.23. The van der Waals surface area contributed by atoms with Crippen LogP contribution in [-0.2, 0) is 11.7 Å². The van der Waals surface area contributed by atoms with E-state index >= 15 is 0 Å². The van der Waals surface area contributed by atoms with Crippen LogP contribution in [0, 0.1) is 12.8 Å². The average Bonchev–Trinajstić information content (AvgIpc) is 3.15. The summed E-state index contributed by atoms with van der Waals surface area (Å²) < 4.78 is 46.0. The summed E-state index contributed by atoms with van der Waals surface area (Å²) in [5, 5.41) is 5.93. The maximum Gasteiger partial charge on any atom is 0.417 e. The molecule has 1 aromatic carbocycles. The molecule has 31 heavy (non-hydrogen) atoms. The van der Waals surface area contributed by atoms with Crippen molar-refractivity contribution in [3.8, 4) is 0 Å². The van der Waals surface area contributed by atoms with Crippen molar-refractivity contribution in [1.82, 2.24) is 15.1 Å². The molecule has 4 rings (SSSR count). The van der Waals surface area contributed by atoms with Gasteiger partial charge in [-0.25, -0.2) is 10.0 Å². The monoisotopic (exact) mass is 435 g/mol. The lowest BCUT2D eigenvalue weighted by atomic mass is 9.65. The van der Waals surface area contributed by atoms with Gasteiger partial charge in [0.15, 0.2) is 5.82 Å². The number of anilines is 1. The third-order valence-electron chi connectivity index (χ3n) is 5.84. The van der Waals surface area contributed by atoms with Crippen LogP contribution in [0.3, 0.4) is 0 Å². The number of hydrazine groups is 1. The molecule has 0 amide bonds. The summed E-state index contributed by atoms with van der Waals surface area (Å²) in [6.07, 6.45) is 0.261. The molecule has 0 spiro atoms. The molecule has 8 nitrogen and oxygen atoms in total. The van der Waals surface area contributed by atoms with Crippen molar-refractivity contribution in [1.29, 1.82) is 0 Å². The molecule has 1 aliphatic heterocycles. The van der Waals surface area contributed by atoms with Crippen LogP contribution in [0.4, 0.5) is 18.9 Å². The summed E-state index contributed by atoms with van der Waals surface area (Å²) in [4.78, 5) is 8.22. The Balaban J connectivity index is 1.69. The predicted molar refractivity (Wildman–Crippen MR) is 108 cm³/mol. The van der Waals surface area contributed by atoms with Crippen molar-refractivity contribution in [2.24, 2.45) is 22.4 Å². The Morgan fingerprint density at radius 2 is 2.16 bits per heavy atom. The summed E-state index contributed by atoms with van der Waals surface area (Å²) >= 11 is 0. The first-order valence-electron chi connectivity index (χ1n) is 9.92. The third-order valence-corrected chi connectivity index (χ3v) is 5.84. The number of piperidine rings is 1. The van der Waals surface area contributed by atoms with Crippen molar-refractivity contribution >= 4 is 11.5 Å². The predicted octanol–water partition coefficient (Wildman–Crippen LogP) is 3.26. The molecule has 2 aliphatic rings. The summed E-state index contributed by atoms with van der Waals surface area (Å²) in [6.45, 7) is 3.92. The molecule has 5 N–H and O–H groups in total. The molecule has 2 bridgehead atoms. The minimum Gasteiger partial charge on any atom is -0.403 e. The number of aliphatic imine (C=N–C) groups is 1. The van der Waals surface area contributed by atoms with Gasteiger partial charge in [-0.15, -0.1) is 0 Å². The number of fused-ring (bicyclic) bond motifs is 2. The van der Waals surface area contributed by atoms with Crippen molar-refractivity contribution in [3.05, 3.63) is 53.4 Å². The van der Waals surface area contributed by atoms with E-state index in [4.69, 9.17) is 16.0 Å². The van der Waals surface area contributed by atoms with Gasteiger partial charge in [0, 0.05) is 29.7 Å². The van der Waals surface area contributed by atoms with Crippen molar-refractivity contribution in [2.75, 3.05) is 5.43 Å². The molecule has 2 fully saturated rings. The zero-order valence-electron chi connectivity index (χ0n) is 17.1. The van der Waals surface area contributed by atoms with Crippen LogP contribution in [0.2, 0.25) is 0 Å². The van der Waals surface area contributed by atoms with Crippen LogP contribution in [0.5, 0.6) is 0 Å². The Hall–Kier alpha value is -3.08. The van der Waals surface area contributed by atoms with Gasteiger partial charge in [0.2, 0.25) is 5.89 Å². The van der Waals surface area contributed by atoms with E-state index in [9.17, 15) is 13.2 Å². The molecular weight excluding hydrogens is 411 g/mol. The van der Waals surface area contributed by atoms with Gasteiger partial charge in [0.25, 0.3) is 0 Å². The van der Waals surface area contributed by atoms with Crippen molar-refractivity contribution in [2.45, 2.75) is 50.9 Å². The van der Waals surface area contributed by atoms with Crippen LogP contribution in [-0.4, -0.2) is 27.0 Å². The number of nitrogens with two attached hydrogens (primary N) is 2. The molecule has 1 unspecified atom stereocenters. The number of nitrogens with one attached hydrogen (secondary N) is 1. The lowest BCUT2D eigenvalue weighted by Crippen LogP contribution is -2.69. The molecular formula is C20H24F3N7O. The molecule has 11 heteroatoms. The number of hydrogen-bond acceptors (Lipinski definition) is 7. The second kappa shape index (κ2) is 7.56. The molecule has 0 radical (unpaired) electrons. The van der Waals surface area contributed by atoms with Gasteiger partial charge in [-0.05, 0) is 50.3 Å². The van der Waals surface area contributed by atoms with Crippen LogP contribution in [0.15, 0.2) is 40.1 Å². The first-order chi connectivity index (χ1) is 14.6. The van der Waals surface area contributed by atoms with E-state index in [1.54, 1.807) is 6.92 Å². The van der Waals surface area contributed by atoms with Gasteiger partial charge >= 0.3 is 6.18 Å². The standard InChI is InChI=1S/C20H24F3N7O/c1-11-7-14-10-19(9-11,18-27-12(2)29-31-18)30(14)28-13-3-4-16(20(21,22)23)15(8-13)17(25)26-6-5-24/h3-6,8,11,14,28H,7,9-10,24H2,1-2H3,(H2,25,26)/b6-5-/t11-,14-,19?/m1/s1. The SMILES string of the molecule is Cc1noc(C23C[C@H](C)C[C@H](C2)N3Nc2ccc(C(F)(F)F)c(C(N)=N/C=C\N)c2)n1. The average molecular weight is 435 g/mol. The van der Waals surface area contributed by atoms with Crippen molar-refractivity contribution in [3.63, 3.8) is 0 Å². The zero-order chi connectivity index (χ0) is 22.4. The first kappa shape index (κ1) is 21.2. The van der Waals surface area contributed by atoms with Crippen LogP contribution >= 0.6 is 0 Å². The Morgan fingerprint density at radius 3 is 2.81 bits per heavy atom. The van der Waals surface area contributed by atoms with Gasteiger partial charge < -0.3 is 21.4 Å². The Bertz CT molecular complexity index is 1030. The topological polar surface area (TPSA) is 119 Å². The van der Waals surface area contributed by atoms with Gasteiger partial charge in [0.1, 0.15) is 11.4 Å². The number of rotatable bonds is 5. The highest BCUT2D eigenvalue weighted by Crippen LogP contribution is 2.55. The number of nitrogens with zero attached hydrogens (tertiary/aromatic N) is 4. The van der Waals surface area contributed by atoms with Gasteiger partial charge in [-0.2, -0.15) is 18.2 Å². The highest BCUT2D eigenvalue weighted by molar-refractivity contribution is 6.00. The smallest absolute Gasteiger partial charge is 0.403 e. The fourth-order valence-corrected chi connectivity index (χ4v) is 4.68. The van der Waals surface area contributed by atoms with E-state index in [0.29, 0.717) is 23.3 Å². The molecule has 3 atom stereocenters. The molecule has 2 heterocycles. The number of benzene rings is 1. The van der Waals surface area contributed by atoms with Gasteiger partial charge in [0.05, 0.1) is 5.56 Å². The van der Waals surface area contributed by atoms with E-state index in [0.717, 1.165) is 37.7 Å². The molecule has 1 saturated carbocycles. The van der Waals surface area contributed by atoms with Crippen molar-refractivity contribution < 1.29 is 17.7 Å². The summed E-state index contributed by atoms with van der Waals surface area (Å²) in [5.41, 5.74) is 13.2. The minimum absolute atomic E-state index is 0.202. The number of hydrogen-bond donors (Lipinski definition) is 3. The maximum absolute atomic E-state index is 13.5. The molecule has 166 valence electrons. The number of amidine groups is 1. The van der Waals surface area contributed by atoms with E-state index in [2.05, 4.69) is 27.5 Å². The van der Waals surface area contributed by atoms with Gasteiger partial charge in [-0.3, -0.25) is 0 Å². The van der Waals surface area contributed by atoms with E-state index in [1.165, 1.54) is 12.1 Å². The minimum atomic E-state index is -4.58. The largest absolute Gasteiger partial charge is 0.417 e.